The van der Waals surface area contributed by atoms with E-state index >= 15 is 0 Å². The fourth-order valence-corrected chi connectivity index (χ4v) is 6.19. The van der Waals surface area contributed by atoms with Crippen molar-refractivity contribution in [3.63, 3.8) is 0 Å². The van der Waals surface area contributed by atoms with Gasteiger partial charge in [0.1, 0.15) is 17.1 Å². The monoisotopic (exact) mass is 557 g/mol. The molecule has 0 aromatic heterocycles. The van der Waals surface area contributed by atoms with Crippen LogP contribution in [0.15, 0.2) is 0 Å². The SMILES string of the molecule is CCN(CC)C(=O)C(=O)Oc1c(C)c(C)c2c(c1C)CC[C@@](C)(CCC[C@H](C)CCC[C@H](C)CCCC(C)C)O2. The number of fused-ring (bicyclic) bond motifs is 1. The number of hydrogen-bond donors (Lipinski definition) is 0. The third-order valence-corrected chi connectivity index (χ3v) is 9.26. The van der Waals surface area contributed by atoms with Gasteiger partial charge in [0.25, 0.3) is 0 Å². The first-order valence-electron chi connectivity index (χ1n) is 16.2. The smallest absolute Gasteiger partial charge is 0.402 e. The van der Waals surface area contributed by atoms with Gasteiger partial charge in [-0.25, -0.2) is 4.79 Å². The summed E-state index contributed by atoms with van der Waals surface area (Å²) in [4.78, 5) is 26.7. The first-order valence-corrected chi connectivity index (χ1v) is 16.2. The van der Waals surface area contributed by atoms with Gasteiger partial charge < -0.3 is 14.4 Å². The summed E-state index contributed by atoms with van der Waals surface area (Å²) >= 11 is 0. The van der Waals surface area contributed by atoms with Crippen molar-refractivity contribution in [1.82, 2.24) is 4.90 Å². The van der Waals surface area contributed by atoms with Gasteiger partial charge in [0, 0.05) is 18.7 Å². The molecule has 1 aromatic carbocycles. The number of ether oxygens (including phenoxy) is 2. The van der Waals surface area contributed by atoms with Crippen molar-refractivity contribution in [2.75, 3.05) is 13.1 Å². The first-order chi connectivity index (χ1) is 18.8. The third kappa shape index (κ3) is 9.52. The molecule has 40 heavy (non-hydrogen) atoms. The van der Waals surface area contributed by atoms with Gasteiger partial charge in [-0.3, -0.25) is 4.79 Å². The summed E-state index contributed by atoms with van der Waals surface area (Å²) in [5, 5.41) is 0. The molecule has 5 heteroatoms. The second kappa shape index (κ2) is 15.8. The largest absolute Gasteiger partial charge is 0.487 e. The van der Waals surface area contributed by atoms with Crippen LogP contribution in [0.5, 0.6) is 11.5 Å². The maximum absolute atomic E-state index is 12.7. The van der Waals surface area contributed by atoms with Gasteiger partial charge in [0.15, 0.2) is 0 Å². The van der Waals surface area contributed by atoms with Crippen molar-refractivity contribution in [2.24, 2.45) is 17.8 Å². The number of benzene rings is 1. The molecule has 0 fully saturated rings. The number of hydrogen-bond acceptors (Lipinski definition) is 4. The Morgan fingerprint density at radius 2 is 1.40 bits per heavy atom. The Balaban J connectivity index is 1.92. The Kier molecular flexibility index (Phi) is 13.5. The van der Waals surface area contributed by atoms with E-state index < -0.39 is 11.9 Å². The molecule has 5 nitrogen and oxygen atoms in total. The summed E-state index contributed by atoms with van der Waals surface area (Å²) in [7, 11) is 0. The van der Waals surface area contributed by atoms with Crippen molar-refractivity contribution in [2.45, 2.75) is 145 Å². The van der Waals surface area contributed by atoms with Crippen LogP contribution in [0.3, 0.4) is 0 Å². The summed E-state index contributed by atoms with van der Waals surface area (Å²) in [6.07, 6.45) is 13.4. The summed E-state index contributed by atoms with van der Waals surface area (Å²) < 4.78 is 12.4. The molecule has 0 saturated heterocycles. The number of rotatable bonds is 15. The van der Waals surface area contributed by atoms with E-state index in [1.165, 1.54) is 56.3 Å². The minimum Gasteiger partial charge on any atom is -0.487 e. The van der Waals surface area contributed by atoms with E-state index in [0.29, 0.717) is 18.8 Å². The molecule has 1 aromatic rings. The molecule has 1 amide bonds. The lowest BCUT2D eigenvalue weighted by Gasteiger charge is -2.38. The van der Waals surface area contributed by atoms with E-state index in [1.807, 2.05) is 34.6 Å². The molecule has 0 radical (unpaired) electrons. The van der Waals surface area contributed by atoms with Crippen LogP contribution in [-0.4, -0.2) is 35.5 Å². The van der Waals surface area contributed by atoms with Crippen LogP contribution < -0.4 is 9.47 Å². The Bertz CT molecular complexity index is 980. The van der Waals surface area contributed by atoms with E-state index in [9.17, 15) is 9.59 Å². The average Bonchev–Trinajstić information content (AvgIpc) is 2.90. The number of carbonyl (C=O) groups excluding carboxylic acids is 2. The fraction of sp³-hybridized carbons (Fsp3) is 0.771. The molecule has 0 saturated carbocycles. The molecule has 0 bridgehead atoms. The van der Waals surface area contributed by atoms with E-state index in [1.54, 1.807) is 0 Å². The van der Waals surface area contributed by atoms with E-state index in [2.05, 4.69) is 34.6 Å². The van der Waals surface area contributed by atoms with E-state index in [0.717, 1.165) is 65.0 Å². The number of amides is 1. The molecule has 0 N–H and O–H groups in total. The van der Waals surface area contributed by atoms with E-state index in [-0.39, 0.29) is 5.60 Å². The summed E-state index contributed by atoms with van der Waals surface area (Å²) in [5.74, 6) is 2.48. The lowest BCUT2D eigenvalue weighted by molar-refractivity contribution is -0.153. The predicted molar refractivity (Wildman–Crippen MR) is 166 cm³/mol. The maximum atomic E-state index is 12.7. The quantitative estimate of drug-likeness (QED) is 0.123. The second-order valence-corrected chi connectivity index (χ2v) is 13.3. The van der Waals surface area contributed by atoms with Crippen LogP contribution in [0.25, 0.3) is 0 Å². The lowest BCUT2D eigenvalue weighted by Crippen LogP contribution is -2.39. The molecule has 0 aliphatic carbocycles. The van der Waals surface area contributed by atoms with Crippen molar-refractivity contribution >= 4 is 11.9 Å². The van der Waals surface area contributed by atoms with Gasteiger partial charge >= 0.3 is 11.9 Å². The molecule has 228 valence electrons. The zero-order chi connectivity index (χ0) is 30.0. The molecule has 3 atom stereocenters. The van der Waals surface area contributed by atoms with Crippen LogP contribution in [0.1, 0.15) is 135 Å². The second-order valence-electron chi connectivity index (χ2n) is 13.3. The van der Waals surface area contributed by atoms with Crippen molar-refractivity contribution in [1.29, 1.82) is 0 Å². The third-order valence-electron chi connectivity index (χ3n) is 9.26. The standard InChI is InChI=1S/C35H59NO4/c1-11-36(12-2)33(37)34(38)39-31-27(7)28(8)32-30(29(31)9)21-23-35(10,40-32)22-15-20-26(6)19-14-18-25(5)17-13-16-24(3)4/h24-26H,11-23H2,1-10H3/t25-,26-,35-/m1/s1. The van der Waals surface area contributed by atoms with Crippen molar-refractivity contribution in [3.8, 4) is 11.5 Å². The van der Waals surface area contributed by atoms with Crippen molar-refractivity contribution in [3.05, 3.63) is 22.3 Å². The van der Waals surface area contributed by atoms with Crippen molar-refractivity contribution < 1.29 is 19.1 Å². The van der Waals surface area contributed by atoms with Gasteiger partial charge in [-0.2, -0.15) is 0 Å². The predicted octanol–water partition coefficient (Wildman–Crippen LogP) is 8.91. The number of nitrogens with zero attached hydrogens (tertiary/aromatic N) is 1. The molecule has 1 aliphatic rings. The summed E-state index contributed by atoms with van der Waals surface area (Å²) in [6, 6.07) is 0. The highest BCUT2D eigenvalue weighted by Gasteiger charge is 2.35. The summed E-state index contributed by atoms with van der Waals surface area (Å²) in [6.45, 7) is 22.4. The van der Waals surface area contributed by atoms with Gasteiger partial charge in [-0.1, -0.05) is 72.6 Å². The Hall–Kier alpha value is -2.04. The van der Waals surface area contributed by atoms with Crippen LogP contribution in [-0.2, 0) is 16.0 Å². The molecule has 0 unspecified atom stereocenters. The van der Waals surface area contributed by atoms with Gasteiger partial charge in [-0.05, 0) is 102 Å². The normalized spacial score (nSPS) is 18.2. The van der Waals surface area contributed by atoms with Gasteiger partial charge in [0.2, 0.25) is 0 Å². The minimum atomic E-state index is -0.814. The highest BCUT2D eigenvalue weighted by Crippen LogP contribution is 2.45. The van der Waals surface area contributed by atoms with Crippen LogP contribution in [0.4, 0.5) is 0 Å². The Morgan fingerprint density at radius 3 is 1.95 bits per heavy atom. The minimum absolute atomic E-state index is 0.182. The Labute approximate surface area is 245 Å². The van der Waals surface area contributed by atoms with Crippen LogP contribution >= 0.6 is 0 Å². The van der Waals surface area contributed by atoms with Gasteiger partial charge in [0.05, 0.1) is 0 Å². The topological polar surface area (TPSA) is 55.8 Å². The van der Waals surface area contributed by atoms with Gasteiger partial charge in [-0.15, -0.1) is 0 Å². The zero-order valence-corrected chi connectivity index (χ0v) is 27.5. The molecule has 1 heterocycles. The average molecular weight is 558 g/mol. The molecule has 2 rings (SSSR count). The molecular weight excluding hydrogens is 498 g/mol. The molecule has 0 spiro atoms. The fourth-order valence-electron chi connectivity index (χ4n) is 6.19. The molecular formula is C35H59NO4. The molecule has 1 aliphatic heterocycles. The van der Waals surface area contributed by atoms with E-state index in [4.69, 9.17) is 9.47 Å². The number of esters is 1. The zero-order valence-electron chi connectivity index (χ0n) is 27.5. The Morgan fingerprint density at radius 1 is 0.850 bits per heavy atom. The van der Waals surface area contributed by atoms with Crippen LogP contribution in [0, 0.1) is 38.5 Å². The summed E-state index contributed by atoms with van der Waals surface area (Å²) in [5.41, 5.74) is 3.70. The first kappa shape index (κ1) is 34.2. The highest BCUT2D eigenvalue weighted by molar-refractivity contribution is 6.33. The maximum Gasteiger partial charge on any atom is 0.402 e. The highest BCUT2D eigenvalue weighted by atomic mass is 16.5. The number of carbonyl (C=O) groups is 2. The lowest BCUT2D eigenvalue weighted by atomic mass is 9.83. The van der Waals surface area contributed by atoms with Crippen LogP contribution in [0.2, 0.25) is 0 Å². The number of likely N-dealkylation sites (N-methyl/N-ethyl adjacent to an activating group) is 1.